The summed E-state index contributed by atoms with van der Waals surface area (Å²) >= 11 is 0. The maximum Gasteiger partial charge on any atom is 0.293 e. The highest BCUT2D eigenvalue weighted by atomic mass is 16.6. The van der Waals surface area contributed by atoms with E-state index >= 15 is 0 Å². The molecular formula is C11H11N5O4. The monoisotopic (exact) mass is 277 g/mol. The molecule has 9 heteroatoms. The van der Waals surface area contributed by atoms with Gasteiger partial charge in [0.25, 0.3) is 16.8 Å². The van der Waals surface area contributed by atoms with E-state index in [1.54, 1.807) is 6.07 Å². The zero-order valence-electron chi connectivity index (χ0n) is 10.2. The second kappa shape index (κ2) is 5.36. The molecule has 9 nitrogen and oxygen atoms in total. The summed E-state index contributed by atoms with van der Waals surface area (Å²) < 4.78 is 1.04. The number of anilines is 1. The molecule has 0 unspecified atom stereocenters. The molecule has 1 aromatic carbocycles. The molecule has 0 spiro atoms. The van der Waals surface area contributed by atoms with Gasteiger partial charge in [0.15, 0.2) is 0 Å². The Balaban J connectivity index is 2.51. The minimum atomic E-state index is -0.588. The number of benzene rings is 1. The fourth-order valence-electron chi connectivity index (χ4n) is 1.79. The van der Waals surface area contributed by atoms with Crippen LogP contribution in [0.1, 0.15) is 5.56 Å². The van der Waals surface area contributed by atoms with Crippen molar-refractivity contribution in [3.05, 3.63) is 66.7 Å². The van der Waals surface area contributed by atoms with Crippen molar-refractivity contribution in [2.24, 2.45) is 5.84 Å². The van der Waals surface area contributed by atoms with Gasteiger partial charge < -0.3 is 5.43 Å². The van der Waals surface area contributed by atoms with E-state index in [4.69, 9.17) is 5.84 Å². The molecule has 0 amide bonds. The molecule has 2 aromatic rings. The van der Waals surface area contributed by atoms with Crippen molar-refractivity contribution in [1.82, 2.24) is 9.78 Å². The molecule has 0 radical (unpaired) electrons. The maximum atomic E-state index is 11.6. The van der Waals surface area contributed by atoms with E-state index in [1.807, 2.05) is 0 Å². The molecule has 0 atom stereocenters. The molecule has 20 heavy (non-hydrogen) atoms. The Morgan fingerprint density at radius 3 is 2.70 bits per heavy atom. The van der Waals surface area contributed by atoms with Crippen LogP contribution in [0.15, 0.2) is 39.9 Å². The van der Waals surface area contributed by atoms with E-state index in [1.165, 1.54) is 12.1 Å². The van der Waals surface area contributed by atoms with Crippen molar-refractivity contribution in [2.45, 2.75) is 6.54 Å². The topological polar surface area (TPSA) is 136 Å². The minimum absolute atomic E-state index is 0.0455. The summed E-state index contributed by atoms with van der Waals surface area (Å²) in [5.41, 5.74) is 1.66. The van der Waals surface area contributed by atoms with E-state index in [2.05, 4.69) is 10.5 Å². The van der Waals surface area contributed by atoms with E-state index in [0.717, 1.165) is 16.8 Å². The van der Waals surface area contributed by atoms with Crippen molar-refractivity contribution >= 4 is 11.4 Å². The van der Waals surface area contributed by atoms with Gasteiger partial charge in [-0.3, -0.25) is 30.6 Å². The van der Waals surface area contributed by atoms with E-state index in [0.29, 0.717) is 5.56 Å². The highest BCUT2D eigenvalue weighted by molar-refractivity contribution is 5.65. The van der Waals surface area contributed by atoms with Crippen LogP contribution in [0, 0.1) is 10.1 Å². The molecule has 1 heterocycles. The summed E-state index contributed by atoms with van der Waals surface area (Å²) in [6.45, 7) is -0.0455. The molecule has 0 aliphatic heterocycles. The normalized spacial score (nSPS) is 10.2. The first-order chi connectivity index (χ1) is 9.52. The minimum Gasteiger partial charge on any atom is -0.318 e. The molecule has 0 aliphatic rings. The standard InChI is InChI=1S/C11H11N5O4/c12-13-11-7(2-1-3-8(11)16(19)20)6-15-10(18)5-4-9(17)14-15/h1-5,13H,6,12H2,(H,14,17). The van der Waals surface area contributed by atoms with Gasteiger partial charge >= 0.3 is 0 Å². The lowest BCUT2D eigenvalue weighted by atomic mass is 10.1. The van der Waals surface area contributed by atoms with Gasteiger partial charge in [-0.2, -0.15) is 0 Å². The third-order valence-electron chi connectivity index (χ3n) is 2.69. The maximum absolute atomic E-state index is 11.6. The fourth-order valence-corrected chi connectivity index (χ4v) is 1.79. The van der Waals surface area contributed by atoms with Crippen molar-refractivity contribution in [3.8, 4) is 0 Å². The third-order valence-corrected chi connectivity index (χ3v) is 2.69. The van der Waals surface area contributed by atoms with Crippen LogP contribution in [-0.4, -0.2) is 14.7 Å². The summed E-state index contributed by atoms with van der Waals surface area (Å²) in [6.07, 6.45) is 0. The van der Waals surface area contributed by atoms with E-state index in [9.17, 15) is 19.7 Å². The number of nitrogens with one attached hydrogen (secondary N) is 2. The molecule has 2 rings (SSSR count). The van der Waals surface area contributed by atoms with Crippen LogP contribution in [0.5, 0.6) is 0 Å². The van der Waals surface area contributed by atoms with Gasteiger partial charge in [0.1, 0.15) is 5.69 Å². The van der Waals surface area contributed by atoms with Gasteiger partial charge in [-0.15, -0.1) is 0 Å². The molecule has 4 N–H and O–H groups in total. The Morgan fingerprint density at radius 2 is 2.05 bits per heavy atom. The highest BCUT2D eigenvalue weighted by Gasteiger charge is 2.16. The number of H-pyrrole nitrogens is 1. The van der Waals surface area contributed by atoms with Crippen molar-refractivity contribution in [3.63, 3.8) is 0 Å². The van der Waals surface area contributed by atoms with E-state index < -0.39 is 16.0 Å². The van der Waals surface area contributed by atoms with Crippen molar-refractivity contribution in [1.29, 1.82) is 0 Å². The predicted octanol–water partition coefficient (Wildman–Crippen LogP) is -0.221. The largest absolute Gasteiger partial charge is 0.318 e. The Hall–Kier alpha value is -2.94. The number of nitrogens with two attached hydrogens (primary N) is 1. The van der Waals surface area contributed by atoms with Crippen LogP contribution in [-0.2, 0) is 6.54 Å². The second-order valence-corrected chi connectivity index (χ2v) is 3.95. The summed E-state index contributed by atoms with van der Waals surface area (Å²) in [7, 11) is 0. The van der Waals surface area contributed by atoms with Crippen LogP contribution in [0.3, 0.4) is 0 Å². The number of aromatic amines is 1. The van der Waals surface area contributed by atoms with Crippen molar-refractivity contribution in [2.75, 3.05) is 5.43 Å². The van der Waals surface area contributed by atoms with Crippen LogP contribution >= 0.6 is 0 Å². The highest BCUT2D eigenvalue weighted by Crippen LogP contribution is 2.27. The first-order valence-corrected chi connectivity index (χ1v) is 5.56. The second-order valence-electron chi connectivity index (χ2n) is 3.95. The lowest BCUT2D eigenvalue weighted by molar-refractivity contribution is -0.384. The third kappa shape index (κ3) is 2.57. The molecule has 0 saturated carbocycles. The summed E-state index contributed by atoms with van der Waals surface area (Å²) in [6, 6.07) is 6.55. The van der Waals surface area contributed by atoms with E-state index in [-0.39, 0.29) is 17.9 Å². The Labute approximate surface area is 111 Å². The number of nitro benzene ring substituents is 1. The number of hydrogen-bond acceptors (Lipinski definition) is 6. The summed E-state index contributed by atoms with van der Waals surface area (Å²) in [5.74, 6) is 5.30. The summed E-state index contributed by atoms with van der Waals surface area (Å²) in [4.78, 5) is 33.1. The zero-order chi connectivity index (χ0) is 14.7. The number of nitro groups is 1. The predicted molar refractivity (Wildman–Crippen MR) is 71.3 cm³/mol. The quantitative estimate of drug-likeness (QED) is 0.401. The van der Waals surface area contributed by atoms with Gasteiger partial charge in [0.2, 0.25) is 0 Å². The number of para-hydroxylation sites is 1. The molecule has 0 saturated heterocycles. The van der Waals surface area contributed by atoms with Gasteiger partial charge in [-0.05, 0) is 0 Å². The van der Waals surface area contributed by atoms with Gasteiger partial charge in [0, 0.05) is 23.8 Å². The Kier molecular flexibility index (Phi) is 3.62. The molecule has 1 aromatic heterocycles. The number of rotatable bonds is 4. The first kappa shape index (κ1) is 13.5. The summed E-state index contributed by atoms with van der Waals surface area (Å²) in [5, 5.41) is 13.2. The van der Waals surface area contributed by atoms with Crippen LogP contribution in [0.4, 0.5) is 11.4 Å². The SMILES string of the molecule is NNc1c(Cn2[nH]c(=O)ccc2=O)cccc1[N+](=O)[O-]. The lowest BCUT2D eigenvalue weighted by Crippen LogP contribution is -2.28. The molecule has 0 aliphatic carbocycles. The smallest absolute Gasteiger partial charge is 0.293 e. The van der Waals surface area contributed by atoms with Gasteiger partial charge in [-0.25, -0.2) is 4.68 Å². The Morgan fingerprint density at radius 1 is 1.30 bits per heavy atom. The first-order valence-electron chi connectivity index (χ1n) is 5.56. The number of nitrogen functional groups attached to an aromatic ring is 1. The van der Waals surface area contributed by atoms with Crippen molar-refractivity contribution < 1.29 is 4.92 Å². The number of aromatic nitrogens is 2. The molecule has 0 fully saturated rings. The molecule has 104 valence electrons. The van der Waals surface area contributed by atoms with Crippen LogP contribution < -0.4 is 22.4 Å². The van der Waals surface area contributed by atoms with Crippen LogP contribution in [0.2, 0.25) is 0 Å². The zero-order valence-corrected chi connectivity index (χ0v) is 10.2. The number of nitrogens with zero attached hydrogens (tertiary/aromatic N) is 2. The molecule has 0 bridgehead atoms. The Bertz CT molecular complexity index is 764. The number of hydrazine groups is 1. The average Bonchev–Trinajstić information content (AvgIpc) is 2.42. The van der Waals surface area contributed by atoms with Gasteiger partial charge in [-0.1, -0.05) is 12.1 Å². The molecular weight excluding hydrogens is 266 g/mol. The van der Waals surface area contributed by atoms with Gasteiger partial charge in [0.05, 0.1) is 11.5 Å². The average molecular weight is 277 g/mol. The number of hydrogen-bond donors (Lipinski definition) is 3. The lowest BCUT2D eigenvalue weighted by Gasteiger charge is -2.10. The fraction of sp³-hybridized carbons (Fsp3) is 0.0909. The van der Waals surface area contributed by atoms with Crippen LogP contribution in [0.25, 0.3) is 0 Å².